The predicted molar refractivity (Wildman–Crippen MR) is 130 cm³/mol. The molecule has 4 rings (SSSR count). The molecule has 0 aliphatic carbocycles. The van der Waals surface area contributed by atoms with Crippen LogP contribution >= 0.6 is 0 Å². The highest BCUT2D eigenvalue weighted by Gasteiger charge is 2.44. The third-order valence-corrected chi connectivity index (χ3v) is 6.04. The molecule has 2 heterocycles. The van der Waals surface area contributed by atoms with Gasteiger partial charge in [-0.2, -0.15) is 18.3 Å². The van der Waals surface area contributed by atoms with E-state index >= 15 is 0 Å². The smallest absolute Gasteiger partial charge is 0.418 e. The molecule has 1 aliphatic rings. The second-order valence-electron chi connectivity index (χ2n) is 8.70. The molecule has 10 nitrogen and oxygen atoms in total. The lowest BCUT2D eigenvalue weighted by atomic mass is 9.96. The predicted octanol–water partition coefficient (Wildman–Crippen LogP) is 2.89. The fourth-order valence-electron chi connectivity index (χ4n) is 3.95. The lowest BCUT2D eigenvalue weighted by Gasteiger charge is -2.27. The van der Waals surface area contributed by atoms with Gasteiger partial charge in [0, 0.05) is 36.9 Å². The summed E-state index contributed by atoms with van der Waals surface area (Å²) in [5, 5.41) is 13.4. The maximum Gasteiger partial charge on any atom is 0.418 e. The maximum atomic E-state index is 14.8. The summed E-state index contributed by atoms with van der Waals surface area (Å²) in [5.74, 6) is -2.12. The average Bonchev–Trinajstić information content (AvgIpc) is 3.37. The van der Waals surface area contributed by atoms with Crippen molar-refractivity contribution in [2.75, 3.05) is 25.6 Å². The number of amides is 2. The van der Waals surface area contributed by atoms with E-state index in [1.54, 1.807) is 0 Å². The monoisotopic (exact) mass is 549 g/mol. The molecule has 3 aromatic rings. The van der Waals surface area contributed by atoms with Crippen LogP contribution in [0.3, 0.4) is 0 Å². The zero-order valence-electron chi connectivity index (χ0n) is 20.4. The van der Waals surface area contributed by atoms with Crippen LogP contribution in [0.5, 0.6) is 5.75 Å². The fraction of sp³-hybridized carbons (Fsp3) is 0.280. The van der Waals surface area contributed by atoms with Crippen molar-refractivity contribution in [1.29, 1.82) is 0 Å². The molecule has 2 amide bonds. The average molecular weight is 549 g/mol. The van der Waals surface area contributed by atoms with Gasteiger partial charge in [-0.1, -0.05) is 6.07 Å². The van der Waals surface area contributed by atoms with E-state index in [1.807, 2.05) is 0 Å². The van der Waals surface area contributed by atoms with Gasteiger partial charge in [-0.3, -0.25) is 14.4 Å². The molecule has 39 heavy (non-hydrogen) atoms. The number of methoxy groups -OCH3 is 1. The molecule has 1 aromatic heterocycles. The molecule has 1 atom stereocenters. The third-order valence-electron chi connectivity index (χ3n) is 6.04. The lowest BCUT2D eigenvalue weighted by Crippen LogP contribution is -2.59. The largest absolute Gasteiger partial charge is 0.497 e. The van der Waals surface area contributed by atoms with Crippen LogP contribution in [0.4, 0.5) is 28.9 Å². The highest BCUT2D eigenvalue weighted by molar-refractivity contribution is 5.99. The molecule has 4 N–H and O–H groups in total. The number of alkyl halides is 3. The normalized spacial score (nSPS) is 16.9. The van der Waals surface area contributed by atoms with Crippen LogP contribution in [-0.2, 0) is 22.3 Å². The number of benzene rings is 2. The fourth-order valence-corrected chi connectivity index (χ4v) is 3.95. The number of aromatic nitrogens is 2. The summed E-state index contributed by atoms with van der Waals surface area (Å²) in [6.45, 7) is -0.233. The molecule has 14 heteroatoms. The van der Waals surface area contributed by atoms with E-state index in [4.69, 9.17) is 9.47 Å². The SMILES string of the molecule is COc1ccc(Nc2ccc(CNC(=O)C3(NC(=O)c4cn[nH]c(=O)c4)CCOC3)c(F)c2)c(C(F)(F)F)c1. The van der Waals surface area contributed by atoms with Gasteiger partial charge in [-0.05, 0) is 30.3 Å². The number of rotatable bonds is 8. The third kappa shape index (κ3) is 6.34. The van der Waals surface area contributed by atoms with E-state index in [0.29, 0.717) is 0 Å². The number of aromatic amines is 1. The molecule has 0 saturated carbocycles. The van der Waals surface area contributed by atoms with Gasteiger partial charge in [0.25, 0.3) is 11.5 Å². The summed E-state index contributed by atoms with van der Waals surface area (Å²) >= 11 is 0. The highest BCUT2D eigenvalue weighted by atomic mass is 19.4. The maximum absolute atomic E-state index is 14.8. The highest BCUT2D eigenvalue weighted by Crippen LogP contribution is 2.38. The minimum Gasteiger partial charge on any atom is -0.497 e. The minimum atomic E-state index is -4.68. The quantitative estimate of drug-likeness (QED) is 0.318. The van der Waals surface area contributed by atoms with E-state index in [9.17, 15) is 31.9 Å². The Morgan fingerprint density at radius 1 is 1.18 bits per heavy atom. The van der Waals surface area contributed by atoms with Crippen LogP contribution < -0.4 is 26.2 Å². The Balaban J connectivity index is 1.45. The number of halogens is 4. The Morgan fingerprint density at radius 3 is 2.62 bits per heavy atom. The molecule has 1 aliphatic heterocycles. The van der Waals surface area contributed by atoms with Crippen molar-refractivity contribution >= 4 is 23.2 Å². The zero-order chi connectivity index (χ0) is 28.2. The van der Waals surface area contributed by atoms with E-state index in [0.717, 1.165) is 24.4 Å². The van der Waals surface area contributed by atoms with Gasteiger partial charge >= 0.3 is 6.18 Å². The van der Waals surface area contributed by atoms with E-state index in [-0.39, 0.29) is 54.4 Å². The molecular formula is C25H23F4N5O5. The van der Waals surface area contributed by atoms with Crippen LogP contribution in [0.25, 0.3) is 0 Å². The van der Waals surface area contributed by atoms with Gasteiger partial charge in [0.05, 0.1) is 36.7 Å². The number of hydrogen-bond acceptors (Lipinski definition) is 7. The van der Waals surface area contributed by atoms with Crippen molar-refractivity contribution in [3.63, 3.8) is 0 Å². The summed E-state index contributed by atoms with van der Waals surface area (Å²) in [6, 6.07) is 8.05. The second-order valence-corrected chi connectivity index (χ2v) is 8.70. The van der Waals surface area contributed by atoms with Crippen LogP contribution in [0.1, 0.15) is 27.9 Å². The van der Waals surface area contributed by atoms with Gasteiger partial charge in [0.15, 0.2) is 0 Å². The van der Waals surface area contributed by atoms with Crippen molar-refractivity contribution in [3.8, 4) is 5.75 Å². The van der Waals surface area contributed by atoms with Crippen molar-refractivity contribution < 1.29 is 36.6 Å². The van der Waals surface area contributed by atoms with Gasteiger partial charge in [0.1, 0.15) is 17.1 Å². The number of hydrogen-bond donors (Lipinski definition) is 4. The summed E-state index contributed by atoms with van der Waals surface area (Å²) in [5.41, 5.74) is -3.29. The second kappa shape index (κ2) is 11.1. The first kappa shape index (κ1) is 27.6. The number of nitrogens with zero attached hydrogens (tertiary/aromatic N) is 1. The van der Waals surface area contributed by atoms with Crippen molar-refractivity contribution in [1.82, 2.24) is 20.8 Å². The van der Waals surface area contributed by atoms with E-state index in [1.165, 1.54) is 31.4 Å². The van der Waals surface area contributed by atoms with Crippen LogP contribution in [-0.4, -0.2) is 47.9 Å². The van der Waals surface area contributed by atoms with Crippen molar-refractivity contribution in [2.24, 2.45) is 0 Å². The first-order valence-corrected chi connectivity index (χ1v) is 11.5. The number of H-pyrrole nitrogens is 1. The Morgan fingerprint density at radius 2 is 1.97 bits per heavy atom. The van der Waals surface area contributed by atoms with E-state index < -0.39 is 40.5 Å². The molecule has 0 spiro atoms. The van der Waals surface area contributed by atoms with Crippen molar-refractivity contribution in [3.05, 3.63) is 81.5 Å². The Hall–Kier alpha value is -4.46. The molecule has 1 saturated heterocycles. The molecular weight excluding hydrogens is 526 g/mol. The van der Waals surface area contributed by atoms with Gasteiger partial charge in [-0.25, -0.2) is 9.49 Å². The van der Waals surface area contributed by atoms with Crippen LogP contribution in [0, 0.1) is 5.82 Å². The number of carbonyl (C=O) groups excluding carboxylic acids is 2. The van der Waals surface area contributed by atoms with Crippen molar-refractivity contribution in [2.45, 2.75) is 24.7 Å². The zero-order valence-corrected chi connectivity index (χ0v) is 20.4. The Labute approximate surface area is 218 Å². The van der Waals surface area contributed by atoms with Gasteiger partial charge < -0.3 is 25.4 Å². The lowest BCUT2D eigenvalue weighted by molar-refractivity contribution is -0.137. The topological polar surface area (TPSA) is 134 Å². The number of anilines is 2. The molecule has 206 valence electrons. The van der Waals surface area contributed by atoms with E-state index in [2.05, 4.69) is 26.1 Å². The number of ether oxygens (including phenoxy) is 2. The Bertz CT molecular complexity index is 1440. The van der Waals surface area contributed by atoms with Gasteiger partial charge in [-0.15, -0.1) is 0 Å². The first-order valence-electron chi connectivity index (χ1n) is 11.5. The van der Waals surface area contributed by atoms with Gasteiger partial charge in [0.2, 0.25) is 5.91 Å². The summed E-state index contributed by atoms with van der Waals surface area (Å²) < 4.78 is 65.4. The van der Waals surface area contributed by atoms with Crippen LogP contribution in [0.2, 0.25) is 0 Å². The minimum absolute atomic E-state index is 0.0147. The number of nitrogens with one attached hydrogen (secondary N) is 4. The molecule has 1 unspecified atom stereocenters. The summed E-state index contributed by atoms with van der Waals surface area (Å²) in [4.78, 5) is 37.1. The molecule has 0 radical (unpaired) electrons. The summed E-state index contributed by atoms with van der Waals surface area (Å²) in [6.07, 6.45) is -3.41. The number of carbonyl (C=O) groups is 2. The molecule has 0 bridgehead atoms. The van der Waals surface area contributed by atoms with Crippen LogP contribution in [0.15, 0.2) is 53.5 Å². The molecule has 2 aromatic carbocycles. The standard InChI is InChI=1S/C25H23F4N5O5/c1-38-17-4-5-20(18(10-17)25(27,28)29)32-16-3-2-14(19(26)9-16)11-30-23(37)24(6-7-39-13-24)33-22(36)15-8-21(35)34-31-12-15/h2-5,8-10,12,32H,6-7,11,13H2,1H3,(H,30,37)(H,33,36)(H,34,35). The summed E-state index contributed by atoms with van der Waals surface area (Å²) in [7, 11) is 1.24. The Kier molecular flexibility index (Phi) is 7.85. The molecule has 1 fully saturated rings. The first-order chi connectivity index (χ1) is 18.5.